The minimum atomic E-state index is 0.688. The van der Waals surface area contributed by atoms with Gasteiger partial charge in [-0.15, -0.1) is 13.2 Å². The minimum absolute atomic E-state index is 0.688. The third-order valence-electron chi connectivity index (χ3n) is 2.47. The number of ether oxygens (including phenoxy) is 2. The molecule has 1 aromatic rings. The van der Waals surface area contributed by atoms with Crippen LogP contribution in [0, 0.1) is 6.92 Å². The van der Waals surface area contributed by atoms with Gasteiger partial charge in [-0.3, -0.25) is 0 Å². The van der Waals surface area contributed by atoms with Crippen LogP contribution in [0.15, 0.2) is 31.4 Å². The van der Waals surface area contributed by atoms with Gasteiger partial charge < -0.3 is 15.2 Å². The molecule has 0 radical (unpaired) electrons. The van der Waals surface area contributed by atoms with Crippen LogP contribution in [0.25, 0.3) is 0 Å². The second-order valence-corrected chi connectivity index (χ2v) is 3.92. The van der Waals surface area contributed by atoms with Crippen LogP contribution in [0.4, 0.5) is 5.69 Å². The number of aryl methyl sites for hydroxylation is 1. The van der Waals surface area contributed by atoms with Gasteiger partial charge in [0, 0.05) is 13.2 Å². The van der Waals surface area contributed by atoms with Crippen molar-refractivity contribution < 1.29 is 9.47 Å². The monoisotopic (exact) mass is 251 g/mol. The summed E-state index contributed by atoms with van der Waals surface area (Å²) >= 11 is 0. The second-order valence-electron chi connectivity index (χ2n) is 3.92. The lowest BCUT2D eigenvalue weighted by Gasteiger charge is -2.08. The van der Waals surface area contributed by atoms with Gasteiger partial charge in [0.15, 0.2) is 0 Å². The van der Waals surface area contributed by atoms with E-state index in [0.717, 1.165) is 24.5 Å². The SMILES string of the molecule is C1CCOCC1.C=C.COc1cc(C)ccc1N. The van der Waals surface area contributed by atoms with Crippen molar-refractivity contribution in [2.45, 2.75) is 26.2 Å². The van der Waals surface area contributed by atoms with Crippen LogP contribution < -0.4 is 10.5 Å². The highest BCUT2D eigenvalue weighted by atomic mass is 16.5. The maximum absolute atomic E-state index is 5.57. The Bertz CT molecular complexity index is 311. The molecule has 0 spiro atoms. The van der Waals surface area contributed by atoms with Gasteiger partial charge in [-0.2, -0.15) is 0 Å². The molecule has 1 heterocycles. The van der Waals surface area contributed by atoms with E-state index < -0.39 is 0 Å². The number of anilines is 1. The first-order chi connectivity index (χ1) is 8.74. The van der Waals surface area contributed by atoms with Crippen molar-refractivity contribution in [3.8, 4) is 5.75 Å². The van der Waals surface area contributed by atoms with Crippen LogP contribution in [0.3, 0.4) is 0 Å². The molecule has 2 rings (SSSR count). The highest BCUT2D eigenvalue weighted by Gasteiger charge is 1.96. The summed E-state index contributed by atoms with van der Waals surface area (Å²) in [6.07, 6.45) is 3.93. The number of hydrogen-bond donors (Lipinski definition) is 1. The molecule has 3 nitrogen and oxygen atoms in total. The Morgan fingerprint density at radius 3 is 2.11 bits per heavy atom. The van der Waals surface area contributed by atoms with Crippen molar-refractivity contribution in [1.82, 2.24) is 0 Å². The predicted octanol–water partition coefficient (Wildman–Crippen LogP) is 3.57. The smallest absolute Gasteiger partial charge is 0.142 e. The van der Waals surface area contributed by atoms with Gasteiger partial charge in [0.1, 0.15) is 5.75 Å². The molecule has 0 saturated carbocycles. The number of methoxy groups -OCH3 is 1. The van der Waals surface area contributed by atoms with Gasteiger partial charge in [-0.25, -0.2) is 0 Å². The van der Waals surface area contributed by atoms with Crippen molar-refractivity contribution in [3.05, 3.63) is 36.9 Å². The van der Waals surface area contributed by atoms with E-state index in [4.69, 9.17) is 15.2 Å². The molecule has 0 amide bonds. The Kier molecular flexibility index (Phi) is 9.78. The van der Waals surface area contributed by atoms with Crippen molar-refractivity contribution in [1.29, 1.82) is 0 Å². The van der Waals surface area contributed by atoms with E-state index in [0.29, 0.717) is 5.69 Å². The molecule has 0 aromatic heterocycles. The summed E-state index contributed by atoms with van der Waals surface area (Å²) in [5.74, 6) is 0.750. The summed E-state index contributed by atoms with van der Waals surface area (Å²) in [5, 5.41) is 0. The molecule has 1 saturated heterocycles. The third-order valence-corrected chi connectivity index (χ3v) is 2.47. The van der Waals surface area contributed by atoms with Gasteiger partial charge in [-0.1, -0.05) is 6.07 Å². The topological polar surface area (TPSA) is 44.5 Å². The molecule has 18 heavy (non-hydrogen) atoms. The van der Waals surface area contributed by atoms with E-state index in [1.807, 2.05) is 25.1 Å². The average molecular weight is 251 g/mol. The lowest BCUT2D eigenvalue weighted by molar-refractivity contribution is 0.0968. The Hall–Kier alpha value is -1.48. The van der Waals surface area contributed by atoms with E-state index in [2.05, 4.69) is 13.2 Å². The van der Waals surface area contributed by atoms with Crippen LogP contribution in [-0.2, 0) is 4.74 Å². The largest absolute Gasteiger partial charge is 0.495 e. The molecule has 1 fully saturated rings. The second kappa shape index (κ2) is 10.7. The maximum atomic E-state index is 5.57. The molecular weight excluding hydrogens is 226 g/mol. The van der Waals surface area contributed by atoms with Crippen LogP contribution >= 0.6 is 0 Å². The first-order valence-corrected chi connectivity index (χ1v) is 6.22. The van der Waals surface area contributed by atoms with E-state index in [1.54, 1.807) is 7.11 Å². The summed E-state index contributed by atoms with van der Waals surface area (Å²) < 4.78 is 10.1. The highest BCUT2D eigenvalue weighted by molar-refractivity contribution is 5.53. The van der Waals surface area contributed by atoms with Crippen molar-refractivity contribution in [3.63, 3.8) is 0 Å². The number of nitrogens with two attached hydrogens (primary N) is 1. The zero-order valence-corrected chi connectivity index (χ0v) is 11.6. The molecule has 0 bridgehead atoms. The molecule has 0 unspecified atom stereocenters. The van der Waals surface area contributed by atoms with Crippen molar-refractivity contribution in [2.24, 2.45) is 0 Å². The van der Waals surface area contributed by atoms with Crippen LogP contribution in [0.2, 0.25) is 0 Å². The lowest BCUT2D eigenvalue weighted by atomic mass is 10.2. The van der Waals surface area contributed by atoms with E-state index in [9.17, 15) is 0 Å². The summed E-state index contributed by atoms with van der Waals surface area (Å²) in [6.45, 7) is 10.0. The van der Waals surface area contributed by atoms with Crippen molar-refractivity contribution >= 4 is 5.69 Å². The number of hydrogen-bond acceptors (Lipinski definition) is 3. The fraction of sp³-hybridized carbons (Fsp3) is 0.467. The quantitative estimate of drug-likeness (QED) is 0.613. The van der Waals surface area contributed by atoms with Gasteiger partial charge in [0.25, 0.3) is 0 Å². The molecule has 1 aliphatic rings. The summed E-state index contributed by atoms with van der Waals surface area (Å²) in [4.78, 5) is 0. The fourth-order valence-corrected chi connectivity index (χ4v) is 1.51. The molecule has 0 aliphatic carbocycles. The standard InChI is InChI=1S/C8H11NO.C5H10O.C2H4/c1-6-3-4-7(9)8(5-6)10-2;1-2-4-6-5-3-1;1-2/h3-5H,9H2,1-2H3;1-5H2;1-2H2. The van der Waals surface area contributed by atoms with Crippen molar-refractivity contribution in [2.75, 3.05) is 26.1 Å². The molecule has 0 atom stereocenters. The highest BCUT2D eigenvalue weighted by Crippen LogP contribution is 2.21. The summed E-state index contributed by atoms with van der Waals surface area (Å²) in [7, 11) is 1.62. The van der Waals surface area contributed by atoms with Crippen LogP contribution in [-0.4, -0.2) is 20.3 Å². The lowest BCUT2D eigenvalue weighted by Crippen LogP contribution is -2.03. The zero-order valence-electron chi connectivity index (χ0n) is 11.6. The molecule has 1 aliphatic heterocycles. The Balaban J connectivity index is 0.000000308. The molecule has 1 aromatic carbocycles. The molecule has 102 valence electrons. The fourth-order valence-electron chi connectivity index (χ4n) is 1.51. The minimum Gasteiger partial charge on any atom is -0.495 e. The number of benzene rings is 1. The maximum Gasteiger partial charge on any atom is 0.142 e. The third kappa shape index (κ3) is 6.97. The van der Waals surface area contributed by atoms with Gasteiger partial charge in [-0.05, 0) is 43.9 Å². The summed E-state index contributed by atoms with van der Waals surface area (Å²) in [5.41, 5.74) is 7.42. The van der Waals surface area contributed by atoms with Gasteiger partial charge in [0.05, 0.1) is 12.8 Å². The average Bonchev–Trinajstić information content (AvgIpc) is 2.46. The van der Waals surface area contributed by atoms with Gasteiger partial charge >= 0.3 is 0 Å². The van der Waals surface area contributed by atoms with Crippen LogP contribution in [0.1, 0.15) is 24.8 Å². The summed E-state index contributed by atoms with van der Waals surface area (Å²) in [6, 6.07) is 5.71. The van der Waals surface area contributed by atoms with E-state index in [-0.39, 0.29) is 0 Å². The van der Waals surface area contributed by atoms with Crippen LogP contribution in [0.5, 0.6) is 5.75 Å². The Morgan fingerprint density at radius 1 is 1.17 bits per heavy atom. The Morgan fingerprint density at radius 2 is 1.78 bits per heavy atom. The Labute approximate surface area is 111 Å². The zero-order chi connectivity index (χ0) is 13.8. The normalized spacial score (nSPS) is 13.4. The van der Waals surface area contributed by atoms with E-state index in [1.165, 1.54) is 19.3 Å². The molecular formula is C15H25NO2. The molecule has 3 heteroatoms. The number of nitrogen functional groups attached to an aromatic ring is 1. The number of rotatable bonds is 1. The predicted molar refractivity (Wildman–Crippen MR) is 78.1 cm³/mol. The first-order valence-electron chi connectivity index (χ1n) is 6.22. The van der Waals surface area contributed by atoms with Gasteiger partial charge in [0.2, 0.25) is 0 Å². The first kappa shape index (κ1) is 16.5. The van der Waals surface area contributed by atoms with E-state index >= 15 is 0 Å². The molecule has 2 N–H and O–H groups in total.